The number of carbonyl (C=O) groups excluding carboxylic acids is 1. The minimum absolute atomic E-state index is 0.0222. The molecule has 1 amide bonds. The van der Waals surface area contributed by atoms with Crippen LogP contribution in [-0.4, -0.2) is 17.4 Å². The van der Waals surface area contributed by atoms with E-state index in [1.165, 1.54) is 0 Å². The van der Waals surface area contributed by atoms with Gasteiger partial charge in [0.15, 0.2) is 0 Å². The molecule has 1 aliphatic heterocycles. The Morgan fingerprint density at radius 3 is 2.77 bits per heavy atom. The molecule has 110 valence electrons. The molecule has 0 atom stereocenters. The quantitative estimate of drug-likeness (QED) is 0.749. The van der Waals surface area contributed by atoms with Gasteiger partial charge in [-0.1, -0.05) is 6.07 Å². The van der Waals surface area contributed by atoms with Gasteiger partial charge >= 0.3 is 0 Å². The molecule has 3 N–H and O–H groups in total. The van der Waals surface area contributed by atoms with Crippen molar-refractivity contribution in [2.45, 2.75) is 13.3 Å². The predicted octanol–water partition coefficient (Wildman–Crippen LogP) is 1.98. The molecule has 0 unspecified atom stereocenters. The van der Waals surface area contributed by atoms with Gasteiger partial charge in [-0.3, -0.25) is 9.59 Å². The Hall–Kier alpha value is -3.07. The van der Waals surface area contributed by atoms with Crippen LogP contribution in [0.15, 0.2) is 29.1 Å². The third-order valence-corrected chi connectivity index (χ3v) is 3.63. The van der Waals surface area contributed by atoms with Crippen LogP contribution in [0.2, 0.25) is 0 Å². The van der Waals surface area contributed by atoms with Crippen molar-refractivity contribution in [2.75, 3.05) is 17.2 Å². The van der Waals surface area contributed by atoms with E-state index in [1.54, 1.807) is 13.0 Å². The van der Waals surface area contributed by atoms with E-state index in [9.17, 15) is 9.59 Å². The van der Waals surface area contributed by atoms with Crippen LogP contribution < -0.4 is 16.2 Å². The van der Waals surface area contributed by atoms with E-state index in [0.717, 1.165) is 22.5 Å². The van der Waals surface area contributed by atoms with Crippen LogP contribution in [0.4, 0.5) is 11.4 Å². The molecule has 22 heavy (non-hydrogen) atoms. The molecular weight excluding hydrogens is 280 g/mol. The zero-order valence-corrected chi connectivity index (χ0v) is 12.0. The van der Waals surface area contributed by atoms with Gasteiger partial charge in [0.25, 0.3) is 5.56 Å². The van der Waals surface area contributed by atoms with Crippen molar-refractivity contribution in [1.82, 2.24) is 4.98 Å². The highest BCUT2D eigenvalue weighted by molar-refractivity contribution is 5.96. The number of aromatic amines is 1. The molecule has 6 nitrogen and oxygen atoms in total. The van der Waals surface area contributed by atoms with Crippen LogP contribution in [0.1, 0.15) is 17.7 Å². The molecule has 1 aromatic heterocycles. The van der Waals surface area contributed by atoms with Crippen molar-refractivity contribution in [3.63, 3.8) is 0 Å². The Labute approximate surface area is 126 Å². The molecule has 0 spiro atoms. The van der Waals surface area contributed by atoms with Crippen molar-refractivity contribution in [1.29, 1.82) is 5.26 Å². The first-order valence-electron chi connectivity index (χ1n) is 6.90. The Bertz CT molecular complexity index is 861. The number of nitriles is 1. The summed E-state index contributed by atoms with van der Waals surface area (Å²) in [4.78, 5) is 25.9. The fourth-order valence-electron chi connectivity index (χ4n) is 2.50. The summed E-state index contributed by atoms with van der Waals surface area (Å²) in [7, 11) is 0. The van der Waals surface area contributed by atoms with Crippen LogP contribution >= 0.6 is 0 Å². The number of hydrogen-bond acceptors (Lipinski definition) is 4. The Morgan fingerprint density at radius 1 is 1.18 bits per heavy atom. The SMILES string of the molecule is Cc1[nH]c(=O)c(C#N)cc1-c1ccc2c(c1)NCCC(=O)N2. The number of H-pyrrole nitrogens is 1. The molecule has 0 aliphatic carbocycles. The first-order chi connectivity index (χ1) is 10.6. The number of carbonyl (C=O) groups is 1. The lowest BCUT2D eigenvalue weighted by molar-refractivity contribution is -0.115. The third kappa shape index (κ3) is 2.44. The van der Waals surface area contributed by atoms with E-state index in [4.69, 9.17) is 5.26 Å². The second kappa shape index (κ2) is 5.37. The summed E-state index contributed by atoms with van der Waals surface area (Å²) in [6.45, 7) is 2.36. The smallest absolute Gasteiger partial charge is 0.266 e. The van der Waals surface area contributed by atoms with Gasteiger partial charge in [-0.15, -0.1) is 0 Å². The number of anilines is 2. The van der Waals surface area contributed by atoms with Gasteiger partial charge in [-0.2, -0.15) is 5.26 Å². The van der Waals surface area contributed by atoms with Gasteiger partial charge in [0.2, 0.25) is 5.91 Å². The van der Waals surface area contributed by atoms with Crippen molar-refractivity contribution >= 4 is 17.3 Å². The lowest BCUT2D eigenvalue weighted by Crippen LogP contribution is -2.12. The summed E-state index contributed by atoms with van der Waals surface area (Å²) >= 11 is 0. The lowest BCUT2D eigenvalue weighted by Gasteiger charge is -2.12. The maximum absolute atomic E-state index is 11.6. The number of pyridine rings is 1. The summed E-state index contributed by atoms with van der Waals surface area (Å²) < 4.78 is 0. The lowest BCUT2D eigenvalue weighted by atomic mass is 10.0. The number of aryl methyl sites for hydroxylation is 1. The molecule has 0 saturated carbocycles. The Balaban J connectivity index is 2.11. The zero-order chi connectivity index (χ0) is 15.7. The number of fused-ring (bicyclic) bond motifs is 1. The zero-order valence-electron chi connectivity index (χ0n) is 12.0. The van der Waals surface area contributed by atoms with Crippen LogP contribution in [0.3, 0.4) is 0 Å². The molecule has 0 fully saturated rings. The van der Waals surface area contributed by atoms with Crippen LogP contribution in [-0.2, 0) is 4.79 Å². The normalized spacial score (nSPS) is 13.4. The number of nitrogens with one attached hydrogen (secondary N) is 3. The summed E-state index contributed by atoms with van der Waals surface area (Å²) in [6.07, 6.45) is 0.417. The molecule has 1 aromatic carbocycles. The minimum Gasteiger partial charge on any atom is -0.383 e. The summed E-state index contributed by atoms with van der Waals surface area (Å²) in [5.74, 6) is -0.0222. The molecule has 1 aliphatic rings. The topological polar surface area (TPSA) is 97.8 Å². The predicted molar refractivity (Wildman–Crippen MR) is 83.7 cm³/mol. The van der Waals surface area contributed by atoms with E-state index in [1.807, 2.05) is 24.3 Å². The summed E-state index contributed by atoms with van der Waals surface area (Å²) in [5.41, 5.74) is 3.60. The molecule has 0 bridgehead atoms. The molecule has 3 rings (SSSR count). The number of benzene rings is 1. The van der Waals surface area contributed by atoms with Crippen molar-refractivity contribution in [3.05, 3.63) is 45.9 Å². The van der Waals surface area contributed by atoms with Gasteiger partial charge in [-0.25, -0.2) is 0 Å². The average Bonchev–Trinajstić information content (AvgIpc) is 2.67. The van der Waals surface area contributed by atoms with E-state index < -0.39 is 0 Å². The monoisotopic (exact) mass is 294 g/mol. The van der Waals surface area contributed by atoms with E-state index in [2.05, 4.69) is 15.6 Å². The van der Waals surface area contributed by atoms with Crippen LogP contribution in [0.25, 0.3) is 11.1 Å². The van der Waals surface area contributed by atoms with Crippen LogP contribution in [0.5, 0.6) is 0 Å². The van der Waals surface area contributed by atoms with E-state index in [0.29, 0.717) is 18.7 Å². The second-order valence-electron chi connectivity index (χ2n) is 5.15. The highest BCUT2D eigenvalue weighted by Gasteiger charge is 2.14. The maximum atomic E-state index is 11.6. The van der Waals surface area contributed by atoms with Crippen molar-refractivity contribution < 1.29 is 4.79 Å². The largest absolute Gasteiger partial charge is 0.383 e. The van der Waals surface area contributed by atoms with Gasteiger partial charge in [0.1, 0.15) is 11.6 Å². The molecule has 2 aromatic rings. The molecule has 2 heterocycles. The number of hydrogen-bond donors (Lipinski definition) is 3. The van der Waals surface area contributed by atoms with Crippen LogP contribution in [0, 0.1) is 18.3 Å². The highest BCUT2D eigenvalue weighted by Crippen LogP contribution is 2.31. The molecule has 6 heteroatoms. The Kier molecular flexibility index (Phi) is 3.39. The summed E-state index contributed by atoms with van der Waals surface area (Å²) in [5, 5.41) is 15.0. The maximum Gasteiger partial charge on any atom is 0.266 e. The number of nitrogens with zero attached hydrogens (tertiary/aromatic N) is 1. The first-order valence-corrected chi connectivity index (χ1v) is 6.90. The molecular formula is C16H14N4O2. The van der Waals surface area contributed by atoms with Gasteiger partial charge < -0.3 is 15.6 Å². The minimum atomic E-state index is -0.385. The molecule has 0 radical (unpaired) electrons. The van der Waals surface area contributed by atoms with Gasteiger partial charge in [-0.05, 0) is 30.7 Å². The fraction of sp³-hybridized carbons (Fsp3) is 0.188. The van der Waals surface area contributed by atoms with Gasteiger partial charge in [0.05, 0.1) is 11.4 Å². The fourth-order valence-corrected chi connectivity index (χ4v) is 2.50. The summed E-state index contributed by atoms with van der Waals surface area (Å²) in [6, 6.07) is 9.06. The number of aromatic nitrogens is 1. The van der Waals surface area contributed by atoms with Crippen molar-refractivity contribution in [2.24, 2.45) is 0 Å². The van der Waals surface area contributed by atoms with E-state index in [-0.39, 0.29) is 17.0 Å². The number of rotatable bonds is 1. The van der Waals surface area contributed by atoms with E-state index >= 15 is 0 Å². The number of amides is 1. The first kappa shape index (κ1) is 13.9. The molecule has 0 saturated heterocycles. The third-order valence-electron chi connectivity index (χ3n) is 3.63. The van der Waals surface area contributed by atoms with Crippen molar-refractivity contribution in [3.8, 4) is 17.2 Å². The standard InChI is InChI=1S/C16H14N4O2/c1-9-12(6-11(8-17)16(22)19-9)10-2-3-13-14(7-10)18-5-4-15(21)20-13/h2-3,6-7,18H,4-5H2,1H3,(H,19,22)(H,20,21). The average molecular weight is 294 g/mol. The Morgan fingerprint density at radius 2 is 2.00 bits per heavy atom. The second-order valence-corrected chi connectivity index (χ2v) is 5.15. The highest BCUT2D eigenvalue weighted by atomic mass is 16.1. The van der Waals surface area contributed by atoms with Gasteiger partial charge in [0, 0.05) is 24.2 Å².